The van der Waals surface area contributed by atoms with Crippen LogP contribution < -0.4 is 0 Å². The molecule has 0 aromatic rings. The average molecular weight is 641 g/mol. The molecule has 3 heteroatoms. The molecule has 0 amide bonds. The summed E-state index contributed by atoms with van der Waals surface area (Å²) in [6.45, 7) is 22.6. The van der Waals surface area contributed by atoms with E-state index in [2.05, 4.69) is 69.2 Å². The molecule has 1 aliphatic rings. The smallest absolute Gasteiger partial charge is 0 e. The number of hydrogen-bond donors (Lipinski definition) is 0. The Morgan fingerprint density at radius 2 is 1.32 bits per heavy atom. The number of hydrogen-bond acceptors (Lipinski definition) is 1. The van der Waals surface area contributed by atoms with E-state index in [1.807, 2.05) is 0 Å². The Balaban J connectivity index is 0. The van der Waals surface area contributed by atoms with Crippen molar-refractivity contribution in [2.45, 2.75) is 108 Å². The van der Waals surface area contributed by atoms with E-state index in [4.69, 9.17) is 3.07 Å². The fourth-order valence-electron chi connectivity index (χ4n) is 2.66. The molecule has 1 aliphatic carbocycles. The van der Waals surface area contributed by atoms with Crippen molar-refractivity contribution in [3.63, 3.8) is 0 Å². The van der Waals surface area contributed by atoms with E-state index in [0.29, 0.717) is 8.85 Å². The van der Waals surface area contributed by atoms with Gasteiger partial charge in [0, 0.05) is 31.1 Å². The van der Waals surface area contributed by atoms with Gasteiger partial charge in [-0.3, -0.25) is 0 Å². The molecule has 0 saturated heterocycles. The van der Waals surface area contributed by atoms with E-state index in [1.165, 1.54) is 36.0 Å². The minimum Gasteiger partial charge on any atom is -0.323 e. The van der Waals surface area contributed by atoms with Crippen molar-refractivity contribution in [2.24, 2.45) is 5.41 Å². The summed E-state index contributed by atoms with van der Waals surface area (Å²) in [5.74, 6) is 1.42. The van der Waals surface area contributed by atoms with E-state index >= 15 is 0 Å². The van der Waals surface area contributed by atoms with E-state index < -0.39 is 20.2 Å². The van der Waals surface area contributed by atoms with Gasteiger partial charge >= 0.3 is 116 Å². The summed E-state index contributed by atoms with van der Waals surface area (Å²) in [5, 5.41) is 0. The summed E-state index contributed by atoms with van der Waals surface area (Å²) in [6.07, 6.45) is 5.71. The molecule has 1 fully saturated rings. The predicted molar refractivity (Wildman–Crippen MR) is 98.0 cm³/mol. The molecular weight excluding hydrogens is 601 g/mol. The van der Waals surface area contributed by atoms with Crippen LogP contribution in [0.2, 0.25) is 7.87 Å². The van der Waals surface area contributed by atoms with E-state index in [-0.39, 0.29) is 36.7 Å². The molecule has 1 saturated carbocycles. The SMILES string of the molecule is CC(C)(C)[CH2][Sn]([O]C(C)(C)C)[C]1(C)CCCC1.C[C-](C)C.[U]. The van der Waals surface area contributed by atoms with Gasteiger partial charge in [-0.2, -0.15) is 20.8 Å². The molecule has 0 spiro atoms. The van der Waals surface area contributed by atoms with Gasteiger partial charge in [-0.05, 0) is 0 Å². The quantitative estimate of drug-likeness (QED) is 0.244. The second kappa shape index (κ2) is 10.7. The molecule has 0 atom stereocenters. The Kier molecular flexibility index (Phi) is 12.7. The Bertz CT molecular complexity index is 264. The summed E-state index contributed by atoms with van der Waals surface area (Å²) < 4.78 is 8.56. The second-order valence-electron chi connectivity index (χ2n) is 9.64. The first-order chi connectivity index (χ1) is 9.25. The molecule has 1 rings (SSSR count). The van der Waals surface area contributed by atoms with Gasteiger partial charge < -0.3 is 5.92 Å². The van der Waals surface area contributed by atoms with Gasteiger partial charge in [0.2, 0.25) is 0 Å². The molecule has 0 aromatic carbocycles. The topological polar surface area (TPSA) is 9.23 Å². The third-order valence-electron chi connectivity index (χ3n) is 3.50. The normalized spacial score (nSPS) is 18.0. The molecule has 0 aliphatic heterocycles. The summed E-state index contributed by atoms with van der Waals surface area (Å²) >= 11 is -1.80. The van der Waals surface area contributed by atoms with Crippen LogP contribution in [0.3, 0.4) is 0 Å². The van der Waals surface area contributed by atoms with Crippen LogP contribution >= 0.6 is 0 Å². The molecule has 22 heavy (non-hydrogen) atoms. The van der Waals surface area contributed by atoms with Crippen molar-refractivity contribution in [2.75, 3.05) is 0 Å². The molecule has 0 aromatic heterocycles. The summed E-state index contributed by atoms with van der Waals surface area (Å²) in [4.78, 5) is 0. The summed E-state index contributed by atoms with van der Waals surface area (Å²) in [7, 11) is 0. The van der Waals surface area contributed by atoms with Gasteiger partial charge in [-0.15, -0.1) is 0 Å². The number of rotatable bonds is 3. The Labute approximate surface area is 172 Å². The summed E-state index contributed by atoms with van der Waals surface area (Å²) in [5.41, 5.74) is 0.497. The molecule has 0 heterocycles. The first-order valence-electron chi connectivity index (χ1n) is 8.57. The fourth-order valence-corrected chi connectivity index (χ4v) is 12.2. The van der Waals surface area contributed by atoms with E-state index in [1.54, 1.807) is 0 Å². The molecule has 131 valence electrons. The summed E-state index contributed by atoms with van der Waals surface area (Å²) in [6, 6.07) is 0. The van der Waals surface area contributed by atoms with Crippen molar-refractivity contribution in [3.8, 4) is 0 Å². The zero-order chi connectivity index (χ0) is 16.9. The van der Waals surface area contributed by atoms with Gasteiger partial charge in [-0.25, -0.2) is 0 Å². The van der Waals surface area contributed by atoms with Crippen LogP contribution in [0, 0.1) is 42.4 Å². The standard InChI is InChI=1S/C6H11.C5H11.C4H9O.C4H9.Sn.U/c1-6-4-2-3-5-6;1-5(2,3)4;1-4(2,3)5;1-4(2)3;;/h2-5H2,1H3;1H2,2-4H3;1-3H3;1-3H3;;/q;;2*-1;+1;. The molecular formula is C19H40OSnU-. The zero-order valence-electron chi connectivity index (χ0n) is 16.9. The molecule has 0 unspecified atom stereocenters. The molecule has 0 bridgehead atoms. The fraction of sp³-hybridized carbons (Fsp3) is 0.947. The van der Waals surface area contributed by atoms with Crippen LogP contribution in [-0.2, 0) is 3.07 Å². The van der Waals surface area contributed by atoms with Crippen LogP contribution in [0.25, 0.3) is 0 Å². The van der Waals surface area contributed by atoms with E-state index in [9.17, 15) is 0 Å². The van der Waals surface area contributed by atoms with Gasteiger partial charge in [0.1, 0.15) is 0 Å². The van der Waals surface area contributed by atoms with Crippen LogP contribution in [0.1, 0.15) is 94.9 Å². The Hall–Kier alpha value is 1.81. The van der Waals surface area contributed by atoms with Crippen molar-refractivity contribution in [3.05, 3.63) is 5.92 Å². The van der Waals surface area contributed by atoms with Gasteiger partial charge in [0.15, 0.2) is 0 Å². The van der Waals surface area contributed by atoms with Crippen LogP contribution in [0.15, 0.2) is 0 Å². The zero-order valence-corrected chi connectivity index (χ0v) is 24.0. The van der Waals surface area contributed by atoms with Crippen LogP contribution in [-0.4, -0.2) is 25.8 Å². The van der Waals surface area contributed by atoms with Gasteiger partial charge in [0.25, 0.3) is 0 Å². The Morgan fingerprint density at radius 1 is 0.955 bits per heavy atom. The first-order valence-corrected chi connectivity index (χ1v) is 13.2. The minimum absolute atomic E-state index is 0. The monoisotopic (exact) mass is 642 g/mol. The minimum atomic E-state index is -1.80. The molecule has 1 radical (unpaired) electrons. The largest absolute Gasteiger partial charge is 0.323 e. The average Bonchev–Trinajstić information content (AvgIpc) is 2.60. The van der Waals surface area contributed by atoms with Crippen LogP contribution in [0.4, 0.5) is 0 Å². The Morgan fingerprint density at radius 3 is 1.59 bits per heavy atom. The maximum Gasteiger partial charge on any atom is 0 e. The van der Waals surface area contributed by atoms with Gasteiger partial charge in [0.05, 0.1) is 0 Å². The van der Waals surface area contributed by atoms with Crippen molar-refractivity contribution in [1.29, 1.82) is 0 Å². The predicted octanol–water partition coefficient (Wildman–Crippen LogP) is 6.79. The van der Waals surface area contributed by atoms with Crippen molar-refractivity contribution < 1.29 is 34.2 Å². The van der Waals surface area contributed by atoms with Crippen molar-refractivity contribution >= 4 is 20.2 Å². The maximum atomic E-state index is 6.60. The maximum absolute atomic E-state index is 6.60. The first kappa shape index (κ1) is 26.0. The third-order valence-corrected chi connectivity index (χ3v) is 15.2. The van der Waals surface area contributed by atoms with E-state index in [0.717, 1.165) is 0 Å². The molecule has 1 nitrogen and oxygen atoms in total. The van der Waals surface area contributed by atoms with Crippen molar-refractivity contribution in [1.82, 2.24) is 0 Å². The van der Waals surface area contributed by atoms with Crippen LogP contribution in [0.5, 0.6) is 0 Å². The second-order valence-corrected chi connectivity index (χ2v) is 17.1. The molecule has 0 N–H and O–H groups in total. The third kappa shape index (κ3) is 13.1. The van der Waals surface area contributed by atoms with Gasteiger partial charge in [-0.1, -0.05) is 0 Å².